The van der Waals surface area contributed by atoms with Gasteiger partial charge in [-0.05, 0) is 6.42 Å². The first-order valence-electron chi connectivity index (χ1n) is 6.80. The van der Waals surface area contributed by atoms with Crippen LogP contribution in [0.3, 0.4) is 0 Å². The van der Waals surface area contributed by atoms with Crippen LogP contribution < -0.4 is 9.67 Å². The van der Waals surface area contributed by atoms with Gasteiger partial charge in [-0.15, -0.1) is 0 Å². The van der Waals surface area contributed by atoms with E-state index < -0.39 is 11.9 Å². The fourth-order valence-corrected chi connectivity index (χ4v) is 2.12. The molecule has 1 atom stereocenters. The van der Waals surface area contributed by atoms with Crippen LogP contribution in [0.1, 0.15) is 45.4 Å². The molecule has 0 aromatic carbocycles. The Morgan fingerprint density at radius 2 is 2.17 bits per heavy atom. The number of carbonyl (C=O) groups excluding carboxylic acids is 1. The summed E-state index contributed by atoms with van der Waals surface area (Å²) in [5.74, 6) is -0.241. The lowest BCUT2D eigenvalue weighted by atomic mass is 10.1. The van der Waals surface area contributed by atoms with Crippen molar-refractivity contribution >= 4 is 5.97 Å². The number of carboxylic acids is 1. The molecular formula is C14H24N2O2. The van der Waals surface area contributed by atoms with Crippen molar-refractivity contribution < 1.29 is 14.5 Å². The van der Waals surface area contributed by atoms with E-state index in [1.54, 1.807) is 6.92 Å². The standard InChI is InChI=1S/C14H24N2O2/c1-4-5-6-7-8-13-15(3)9-10-16(13)11-12(2)14(17)18/h9-10,12H,4-8,11H2,1-3H3. The van der Waals surface area contributed by atoms with Crippen LogP contribution in [0.25, 0.3) is 0 Å². The number of carboxylic acid groups (broad SMARTS) is 1. The minimum Gasteiger partial charge on any atom is -0.550 e. The molecule has 1 heterocycles. The van der Waals surface area contributed by atoms with E-state index in [0.29, 0.717) is 6.54 Å². The highest BCUT2D eigenvalue weighted by molar-refractivity contribution is 5.66. The van der Waals surface area contributed by atoms with Crippen LogP contribution in [0.5, 0.6) is 0 Å². The van der Waals surface area contributed by atoms with Gasteiger partial charge in [-0.25, -0.2) is 9.13 Å². The molecule has 0 aliphatic rings. The van der Waals surface area contributed by atoms with Crippen LogP contribution in [0.4, 0.5) is 0 Å². The van der Waals surface area contributed by atoms with E-state index in [4.69, 9.17) is 0 Å². The van der Waals surface area contributed by atoms with E-state index >= 15 is 0 Å². The average Bonchev–Trinajstić information content (AvgIpc) is 2.66. The van der Waals surface area contributed by atoms with Crippen molar-refractivity contribution in [1.29, 1.82) is 0 Å². The Kier molecular flexibility index (Phi) is 5.89. The average molecular weight is 252 g/mol. The molecule has 0 saturated heterocycles. The van der Waals surface area contributed by atoms with Gasteiger partial charge in [0.1, 0.15) is 12.4 Å². The van der Waals surface area contributed by atoms with Gasteiger partial charge >= 0.3 is 0 Å². The number of unbranched alkanes of at least 4 members (excludes halogenated alkanes) is 3. The normalized spacial score (nSPS) is 12.6. The fraction of sp³-hybridized carbons (Fsp3) is 0.714. The predicted octanol–water partition coefficient (Wildman–Crippen LogP) is 0.821. The summed E-state index contributed by atoms with van der Waals surface area (Å²) in [7, 11) is 2.01. The van der Waals surface area contributed by atoms with Gasteiger partial charge in [0.15, 0.2) is 0 Å². The molecule has 1 aromatic heterocycles. The number of nitrogens with zero attached hydrogens (tertiary/aromatic N) is 2. The Morgan fingerprint density at radius 3 is 2.78 bits per heavy atom. The molecule has 0 aliphatic carbocycles. The van der Waals surface area contributed by atoms with Gasteiger partial charge in [0.25, 0.3) is 5.82 Å². The number of rotatable bonds is 8. The highest BCUT2D eigenvalue weighted by Crippen LogP contribution is 2.08. The van der Waals surface area contributed by atoms with Crippen molar-refractivity contribution in [2.24, 2.45) is 13.0 Å². The van der Waals surface area contributed by atoms with Gasteiger partial charge in [-0.3, -0.25) is 0 Å². The molecule has 0 bridgehead atoms. The van der Waals surface area contributed by atoms with Crippen LogP contribution in [0.15, 0.2) is 12.4 Å². The summed E-state index contributed by atoms with van der Waals surface area (Å²) in [6.45, 7) is 4.38. The maximum atomic E-state index is 10.8. The van der Waals surface area contributed by atoms with Gasteiger partial charge in [0, 0.05) is 18.3 Å². The van der Waals surface area contributed by atoms with E-state index in [1.807, 2.05) is 24.0 Å². The van der Waals surface area contributed by atoms with Crippen LogP contribution >= 0.6 is 0 Å². The second-order valence-electron chi connectivity index (χ2n) is 5.01. The van der Waals surface area contributed by atoms with E-state index in [1.165, 1.54) is 25.1 Å². The van der Waals surface area contributed by atoms with E-state index in [0.717, 1.165) is 12.8 Å². The Hall–Kier alpha value is -1.32. The molecule has 0 N–H and O–H groups in total. The number of aliphatic carboxylic acids is 1. The highest BCUT2D eigenvalue weighted by atomic mass is 16.4. The summed E-state index contributed by atoms with van der Waals surface area (Å²) in [5, 5.41) is 10.8. The number of aromatic nitrogens is 2. The van der Waals surface area contributed by atoms with Crippen molar-refractivity contribution in [1.82, 2.24) is 4.57 Å². The SMILES string of the molecule is CCCCCCc1n(CC(C)C(=O)[O-])cc[n+]1C. The number of imidazole rings is 1. The monoisotopic (exact) mass is 252 g/mol. The van der Waals surface area contributed by atoms with Crippen molar-refractivity contribution in [2.45, 2.75) is 52.5 Å². The van der Waals surface area contributed by atoms with Gasteiger partial charge in [0.05, 0.1) is 13.6 Å². The Balaban J connectivity index is 2.60. The van der Waals surface area contributed by atoms with E-state index in [9.17, 15) is 9.90 Å². The molecule has 102 valence electrons. The van der Waals surface area contributed by atoms with Crippen molar-refractivity contribution in [3.05, 3.63) is 18.2 Å². The lowest BCUT2D eigenvalue weighted by Crippen LogP contribution is -2.35. The number of aryl methyl sites for hydroxylation is 1. The minimum atomic E-state index is -0.983. The van der Waals surface area contributed by atoms with Crippen molar-refractivity contribution in [2.75, 3.05) is 0 Å². The summed E-state index contributed by atoms with van der Waals surface area (Å²) in [6.07, 6.45) is 9.83. The first kappa shape index (κ1) is 14.7. The topological polar surface area (TPSA) is 48.9 Å². The Morgan fingerprint density at radius 1 is 1.44 bits per heavy atom. The molecule has 0 aliphatic heterocycles. The molecule has 0 amide bonds. The summed E-state index contributed by atoms with van der Waals surface area (Å²) >= 11 is 0. The largest absolute Gasteiger partial charge is 0.550 e. The van der Waals surface area contributed by atoms with Gasteiger partial charge in [0.2, 0.25) is 0 Å². The molecule has 0 radical (unpaired) electrons. The van der Waals surface area contributed by atoms with Crippen LogP contribution in [-0.4, -0.2) is 10.5 Å². The Bertz CT molecular complexity index is 385. The first-order valence-corrected chi connectivity index (χ1v) is 6.80. The first-order chi connectivity index (χ1) is 8.56. The van der Waals surface area contributed by atoms with Crippen LogP contribution in [0.2, 0.25) is 0 Å². The Labute approximate surface area is 109 Å². The van der Waals surface area contributed by atoms with Crippen molar-refractivity contribution in [3.8, 4) is 0 Å². The summed E-state index contributed by atoms with van der Waals surface area (Å²) in [6, 6.07) is 0. The smallest absolute Gasteiger partial charge is 0.256 e. The second kappa shape index (κ2) is 7.19. The molecular weight excluding hydrogens is 228 g/mol. The molecule has 1 rings (SSSR count). The van der Waals surface area contributed by atoms with Crippen LogP contribution in [0, 0.1) is 5.92 Å². The summed E-state index contributed by atoms with van der Waals surface area (Å²) in [4.78, 5) is 10.8. The zero-order valence-electron chi connectivity index (χ0n) is 11.7. The molecule has 1 aromatic rings. The molecule has 18 heavy (non-hydrogen) atoms. The van der Waals surface area contributed by atoms with Gasteiger partial charge < -0.3 is 9.90 Å². The minimum absolute atomic E-state index is 0.452. The van der Waals surface area contributed by atoms with Gasteiger partial charge in [-0.2, -0.15) is 0 Å². The number of carbonyl (C=O) groups is 1. The third kappa shape index (κ3) is 4.17. The third-order valence-electron chi connectivity index (χ3n) is 3.34. The second-order valence-corrected chi connectivity index (χ2v) is 5.01. The zero-order chi connectivity index (χ0) is 13.5. The summed E-state index contributed by atoms with van der Waals surface area (Å²) in [5.41, 5.74) is 0. The molecule has 4 heteroatoms. The molecule has 1 unspecified atom stereocenters. The van der Waals surface area contributed by atoms with Crippen LogP contribution in [-0.2, 0) is 24.8 Å². The summed E-state index contributed by atoms with van der Waals surface area (Å²) < 4.78 is 4.11. The molecule has 0 fully saturated rings. The highest BCUT2D eigenvalue weighted by Gasteiger charge is 2.16. The van der Waals surface area contributed by atoms with Gasteiger partial charge in [-0.1, -0.05) is 33.1 Å². The lowest BCUT2D eigenvalue weighted by molar-refractivity contribution is -0.678. The molecule has 0 saturated carbocycles. The van der Waals surface area contributed by atoms with E-state index in [-0.39, 0.29) is 0 Å². The van der Waals surface area contributed by atoms with E-state index in [2.05, 4.69) is 11.5 Å². The fourth-order valence-electron chi connectivity index (χ4n) is 2.12. The maximum absolute atomic E-state index is 10.8. The predicted molar refractivity (Wildman–Crippen MR) is 67.6 cm³/mol. The molecule has 4 nitrogen and oxygen atoms in total. The maximum Gasteiger partial charge on any atom is 0.256 e. The lowest BCUT2D eigenvalue weighted by Gasteiger charge is -2.11. The van der Waals surface area contributed by atoms with Crippen molar-refractivity contribution in [3.63, 3.8) is 0 Å². The zero-order valence-corrected chi connectivity index (χ0v) is 11.7. The third-order valence-corrected chi connectivity index (χ3v) is 3.34. The number of hydrogen-bond acceptors (Lipinski definition) is 2. The number of hydrogen-bond donors (Lipinski definition) is 0. The quantitative estimate of drug-likeness (QED) is 0.508. The molecule has 0 spiro atoms.